The highest BCUT2D eigenvalue weighted by molar-refractivity contribution is 7.09. The lowest BCUT2D eigenvalue weighted by molar-refractivity contribution is 0.668. The van der Waals surface area contributed by atoms with Crippen molar-refractivity contribution in [1.82, 2.24) is 14.8 Å². The van der Waals surface area contributed by atoms with Gasteiger partial charge in [-0.3, -0.25) is 4.68 Å². The molecule has 0 amide bonds. The van der Waals surface area contributed by atoms with E-state index >= 15 is 0 Å². The number of nitrogens with zero attached hydrogens (tertiary/aromatic N) is 3. The van der Waals surface area contributed by atoms with Gasteiger partial charge >= 0.3 is 0 Å². The number of hydrogen-bond donors (Lipinski definition) is 0. The van der Waals surface area contributed by atoms with E-state index in [-0.39, 0.29) is 0 Å². The zero-order valence-electron chi connectivity index (χ0n) is 7.69. The number of thiazole rings is 1. The third-order valence-electron chi connectivity index (χ3n) is 1.76. The first-order valence-corrected chi connectivity index (χ1v) is 5.03. The minimum Gasteiger partial charge on any atom is -0.266 e. The van der Waals surface area contributed by atoms with Crippen molar-refractivity contribution in [2.24, 2.45) is 0 Å². The van der Waals surface area contributed by atoms with E-state index in [9.17, 15) is 0 Å². The van der Waals surface area contributed by atoms with Crippen molar-refractivity contribution < 1.29 is 0 Å². The summed E-state index contributed by atoms with van der Waals surface area (Å²) < 4.78 is 1.91. The predicted molar refractivity (Wildman–Crippen MR) is 52.9 cm³/mol. The molecule has 13 heavy (non-hydrogen) atoms. The van der Waals surface area contributed by atoms with Crippen molar-refractivity contribution in [2.75, 3.05) is 0 Å². The van der Waals surface area contributed by atoms with Gasteiger partial charge in [-0.1, -0.05) is 0 Å². The van der Waals surface area contributed by atoms with Crippen LogP contribution in [-0.2, 0) is 6.54 Å². The van der Waals surface area contributed by atoms with Gasteiger partial charge < -0.3 is 0 Å². The van der Waals surface area contributed by atoms with Gasteiger partial charge in [0.25, 0.3) is 0 Å². The molecule has 0 unspecified atom stereocenters. The zero-order chi connectivity index (χ0) is 9.26. The molecule has 0 N–H and O–H groups in total. The van der Waals surface area contributed by atoms with Gasteiger partial charge in [0, 0.05) is 11.6 Å². The summed E-state index contributed by atoms with van der Waals surface area (Å²) in [6, 6.07) is 2.00. The van der Waals surface area contributed by atoms with E-state index in [1.54, 1.807) is 11.3 Å². The summed E-state index contributed by atoms with van der Waals surface area (Å²) in [5.41, 5.74) is 2.14. The summed E-state index contributed by atoms with van der Waals surface area (Å²) in [7, 11) is 0. The number of rotatable bonds is 2. The third kappa shape index (κ3) is 1.95. The van der Waals surface area contributed by atoms with E-state index in [1.165, 1.54) is 0 Å². The molecule has 68 valence electrons. The van der Waals surface area contributed by atoms with E-state index < -0.39 is 0 Å². The molecule has 0 atom stereocenters. The molecule has 0 aliphatic carbocycles. The van der Waals surface area contributed by atoms with Gasteiger partial charge in [0.2, 0.25) is 0 Å². The van der Waals surface area contributed by atoms with Gasteiger partial charge in [0.15, 0.2) is 0 Å². The molecule has 0 bridgehead atoms. The van der Waals surface area contributed by atoms with Crippen LogP contribution in [-0.4, -0.2) is 14.8 Å². The fraction of sp³-hybridized carbons (Fsp3) is 0.333. The Kier molecular flexibility index (Phi) is 2.14. The first-order chi connectivity index (χ1) is 6.24. The summed E-state index contributed by atoms with van der Waals surface area (Å²) >= 11 is 1.68. The van der Waals surface area contributed by atoms with E-state index in [0.29, 0.717) is 0 Å². The fourth-order valence-corrected chi connectivity index (χ4v) is 1.80. The summed E-state index contributed by atoms with van der Waals surface area (Å²) in [6.45, 7) is 4.78. The Morgan fingerprint density at radius 3 is 2.85 bits per heavy atom. The molecule has 0 radical (unpaired) electrons. The minimum atomic E-state index is 0.776. The maximum Gasteiger partial charge on any atom is 0.0898 e. The molecule has 2 aromatic heterocycles. The largest absolute Gasteiger partial charge is 0.266 e. The lowest BCUT2D eigenvalue weighted by Crippen LogP contribution is -2.00. The van der Waals surface area contributed by atoms with Gasteiger partial charge in [-0.05, 0) is 19.9 Å². The smallest absolute Gasteiger partial charge is 0.0898 e. The Bertz CT molecular complexity index is 364. The van der Waals surface area contributed by atoms with Crippen molar-refractivity contribution in [3.8, 4) is 0 Å². The predicted octanol–water partition coefficient (Wildman–Crippen LogP) is 2.00. The summed E-state index contributed by atoms with van der Waals surface area (Å²) in [6.07, 6.45) is 1.98. The van der Waals surface area contributed by atoms with Crippen molar-refractivity contribution in [2.45, 2.75) is 20.4 Å². The number of hydrogen-bond acceptors (Lipinski definition) is 3. The van der Waals surface area contributed by atoms with Crippen molar-refractivity contribution in [3.63, 3.8) is 0 Å². The average molecular weight is 193 g/mol. The Morgan fingerprint density at radius 2 is 2.31 bits per heavy atom. The van der Waals surface area contributed by atoms with Crippen LogP contribution in [0.25, 0.3) is 0 Å². The molecule has 0 aliphatic heterocycles. The lowest BCUT2D eigenvalue weighted by atomic mass is 10.5. The number of aromatic nitrogens is 3. The Labute approximate surface area is 81.1 Å². The summed E-state index contributed by atoms with van der Waals surface area (Å²) in [5.74, 6) is 0. The van der Waals surface area contributed by atoms with Crippen LogP contribution in [0.3, 0.4) is 0 Å². The molecular weight excluding hydrogens is 182 g/mol. The van der Waals surface area contributed by atoms with Crippen molar-refractivity contribution >= 4 is 11.3 Å². The van der Waals surface area contributed by atoms with Gasteiger partial charge in [0.05, 0.1) is 22.9 Å². The topological polar surface area (TPSA) is 30.7 Å². The van der Waals surface area contributed by atoms with Crippen molar-refractivity contribution in [1.29, 1.82) is 0 Å². The standard InChI is InChI=1S/C9H11N3S/c1-7-3-4-12(11-7)5-9-6-13-8(2)10-9/h3-4,6H,5H2,1-2H3. The molecule has 2 rings (SSSR count). The summed E-state index contributed by atoms with van der Waals surface area (Å²) in [4.78, 5) is 4.37. The molecule has 0 aliphatic rings. The summed E-state index contributed by atoms with van der Waals surface area (Å²) in [5, 5.41) is 7.48. The Balaban J connectivity index is 2.14. The molecule has 2 aromatic rings. The molecule has 0 spiro atoms. The van der Waals surface area contributed by atoms with Crippen LogP contribution in [0, 0.1) is 13.8 Å². The van der Waals surface area contributed by atoms with E-state index in [0.717, 1.165) is 22.9 Å². The second-order valence-corrected chi connectivity index (χ2v) is 4.07. The first-order valence-electron chi connectivity index (χ1n) is 4.15. The SMILES string of the molecule is Cc1ccn(Cc2csc(C)n2)n1. The minimum absolute atomic E-state index is 0.776. The highest BCUT2D eigenvalue weighted by Crippen LogP contribution is 2.09. The van der Waals surface area contributed by atoms with Crippen LogP contribution in [0.15, 0.2) is 17.6 Å². The van der Waals surface area contributed by atoms with Crippen LogP contribution < -0.4 is 0 Å². The van der Waals surface area contributed by atoms with Crippen LogP contribution in [0.2, 0.25) is 0 Å². The monoisotopic (exact) mass is 193 g/mol. The van der Waals surface area contributed by atoms with E-state index in [2.05, 4.69) is 15.5 Å². The normalized spacial score (nSPS) is 10.6. The third-order valence-corrected chi connectivity index (χ3v) is 2.59. The Hall–Kier alpha value is -1.16. The van der Waals surface area contributed by atoms with Gasteiger partial charge in [0.1, 0.15) is 0 Å². The van der Waals surface area contributed by atoms with Crippen LogP contribution in [0.5, 0.6) is 0 Å². The quantitative estimate of drug-likeness (QED) is 0.730. The molecule has 4 heteroatoms. The van der Waals surface area contributed by atoms with Crippen LogP contribution in [0.4, 0.5) is 0 Å². The lowest BCUT2D eigenvalue weighted by Gasteiger charge is -1.95. The average Bonchev–Trinajstić information content (AvgIpc) is 2.62. The molecule has 0 fully saturated rings. The second kappa shape index (κ2) is 3.30. The molecule has 0 aromatic carbocycles. The number of aryl methyl sites for hydroxylation is 2. The Morgan fingerprint density at radius 1 is 1.46 bits per heavy atom. The first kappa shape index (κ1) is 8.44. The maximum atomic E-state index is 4.37. The highest BCUT2D eigenvalue weighted by atomic mass is 32.1. The molecule has 2 heterocycles. The van der Waals surface area contributed by atoms with E-state index in [4.69, 9.17) is 0 Å². The fourth-order valence-electron chi connectivity index (χ4n) is 1.20. The molecule has 0 saturated carbocycles. The van der Waals surface area contributed by atoms with Gasteiger partial charge in [-0.15, -0.1) is 11.3 Å². The van der Waals surface area contributed by atoms with E-state index in [1.807, 2.05) is 30.8 Å². The molecule has 0 saturated heterocycles. The maximum absolute atomic E-state index is 4.37. The second-order valence-electron chi connectivity index (χ2n) is 3.01. The highest BCUT2D eigenvalue weighted by Gasteiger charge is 1.99. The van der Waals surface area contributed by atoms with Gasteiger partial charge in [-0.2, -0.15) is 5.10 Å². The molecular formula is C9H11N3S. The van der Waals surface area contributed by atoms with Crippen molar-refractivity contribution in [3.05, 3.63) is 34.0 Å². The zero-order valence-corrected chi connectivity index (χ0v) is 8.51. The van der Waals surface area contributed by atoms with Crippen LogP contribution in [0.1, 0.15) is 16.4 Å². The van der Waals surface area contributed by atoms with Crippen LogP contribution >= 0.6 is 11.3 Å². The van der Waals surface area contributed by atoms with Gasteiger partial charge in [-0.25, -0.2) is 4.98 Å². The molecule has 3 nitrogen and oxygen atoms in total.